The van der Waals surface area contributed by atoms with Crippen LogP contribution in [0.3, 0.4) is 0 Å². The average Bonchev–Trinajstić information content (AvgIpc) is 3.32. The quantitative estimate of drug-likeness (QED) is 0.748. The summed E-state index contributed by atoms with van der Waals surface area (Å²) in [6.07, 6.45) is 4.41. The summed E-state index contributed by atoms with van der Waals surface area (Å²) in [4.78, 5) is 21.0. The molecule has 7 heteroatoms. The summed E-state index contributed by atoms with van der Waals surface area (Å²) in [6, 6.07) is 11.2. The van der Waals surface area contributed by atoms with Gasteiger partial charge in [-0.1, -0.05) is 17.3 Å². The van der Waals surface area contributed by atoms with Crippen molar-refractivity contribution in [2.45, 2.75) is 19.4 Å². The molecule has 1 aliphatic heterocycles. The Morgan fingerprint density at radius 1 is 1.22 bits per heavy atom. The van der Waals surface area contributed by atoms with Crippen molar-refractivity contribution in [3.05, 3.63) is 65.8 Å². The van der Waals surface area contributed by atoms with Gasteiger partial charge in [-0.2, -0.15) is 4.98 Å². The summed E-state index contributed by atoms with van der Waals surface area (Å²) in [5.41, 5.74) is 2.49. The fourth-order valence-corrected chi connectivity index (χ4v) is 3.25. The number of hydrogen-bond acceptors (Lipinski definition) is 6. The second kappa shape index (κ2) is 7.67. The van der Waals surface area contributed by atoms with Crippen molar-refractivity contribution in [3.8, 4) is 11.4 Å². The lowest BCUT2D eigenvalue weighted by Crippen LogP contribution is -2.40. The molecule has 3 heterocycles. The summed E-state index contributed by atoms with van der Waals surface area (Å²) in [5.74, 6) is 1.07. The molecule has 1 aliphatic rings. The van der Waals surface area contributed by atoms with Gasteiger partial charge in [0.2, 0.25) is 11.7 Å². The number of ether oxygens (including phenoxy) is 1. The zero-order valence-electron chi connectivity index (χ0n) is 15.0. The monoisotopic (exact) mass is 364 g/mol. The van der Waals surface area contributed by atoms with Crippen molar-refractivity contribution in [1.29, 1.82) is 0 Å². The first-order valence-corrected chi connectivity index (χ1v) is 8.87. The van der Waals surface area contributed by atoms with Crippen LogP contribution in [0.25, 0.3) is 11.4 Å². The molecule has 1 amide bonds. The van der Waals surface area contributed by atoms with E-state index in [1.807, 2.05) is 24.3 Å². The van der Waals surface area contributed by atoms with E-state index < -0.39 is 0 Å². The second-order valence-electron chi connectivity index (χ2n) is 6.65. The Morgan fingerprint density at radius 3 is 2.85 bits per heavy atom. The Kier molecular flexibility index (Phi) is 4.93. The Hall–Kier alpha value is -3.06. The van der Waals surface area contributed by atoms with Gasteiger partial charge in [-0.3, -0.25) is 9.78 Å². The van der Waals surface area contributed by atoms with E-state index >= 15 is 0 Å². The van der Waals surface area contributed by atoms with E-state index in [1.165, 1.54) is 5.56 Å². The molecule has 0 radical (unpaired) electrons. The predicted octanol–water partition coefficient (Wildman–Crippen LogP) is 2.43. The first-order chi connectivity index (χ1) is 13.2. The normalized spacial score (nSPS) is 19.1. The second-order valence-corrected chi connectivity index (χ2v) is 6.65. The van der Waals surface area contributed by atoms with E-state index in [9.17, 15) is 4.79 Å². The number of nitrogens with one attached hydrogen (secondary N) is 1. The van der Waals surface area contributed by atoms with Crippen molar-refractivity contribution in [3.63, 3.8) is 0 Å². The van der Waals surface area contributed by atoms with Crippen LogP contribution in [0.4, 0.5) is 0 Å². The maximum atomic E-state index is 12.7. The smallest absolute Gasteiger partial charge is 0.251 e. The van der Waals surface area contributed by atoms with Crippen LogP contribution in [0.1, 0.15) is 21.8 Å². The van der Waals surface area contributed by atoms with Crippen molar-refractivity contribution in [2.24, 2.45) is 5.92 Å². The van der Waals surface area contributed by atoms with Crippen LogP contribution in [0, 0.1) is 12.8 Å². The molecule has 7 nitrogen and oxygen atoms in total. The number of aryl methyl sites for hydroxylation is 1. The van der Waals surface area contributed by atoms with Crippen LogP contribution in [0.5, 0.6) is 0 Å². The molecule has 4 rings (SSSR count). The summed E-state index contributed by atoms with van der Waals surface area (Å²) < 4.78 is 10.6. The lowest BCUT2D eigenvalue weighted by Gasteiger charge is -2.19. The van der Waals surface area contributed by atoms with Crippen molar-refractivity contribution in [1.82, 2.24) is 20.4 Å². The number of hydrogen-bond donors (Lipinski definition) is 1. The highest BCUT2D eigenvalue weighted by Gasteiger charge is 2.30. The van der Waals surface area contributed by atoms with Gasteiger partial charge in [0, 0.05) is 36.4 Å². The number of carbonyl (C=O) groups is 1. The highest BCUT2D eigenvalue weighted by atomic mass is 16.5. The molecule has 1 fully saturated rings. The summed E-state index contributed by atoms with van der Waals surface area (Å²) in [5, 5.41) is 7.01. The highest BCUT2D eigenvalue weighted by Crippen LogP contribution is 2.21. The fourth-order valence-electron chi connectivity index (χ4n) is 3.25. The Balaban J connectivity index is 1.45. The zero-order valence-corrected chi connectivity index (χ0v) is 15.0. The largest absolute Gasteiger partial charge is 0.379 e. The molecule has 138 valence electrons. The van der Waals surface area contributed by atoms with Gasteiger partial charge in [0.25, 0.3) is 5.91 Å². The van der Waals surface area contributed by atoms with E-state index in [0.717, 1.165) is 12.0 Å². The molecule has 1 aromatic carbocycles. The first kappa shape index (κ1) is 17.4. The minimum atomic E-state index is -0.132. The van der Waals surface area contributed by atoms with Gasteiger partial charge in [-0.25, -0.2) is 0 Å². The number of aromatic nitrogens is 3. The van der Waals surface area contributed by atoms with Gasteiger partial charge < -0.3 is 14.6 Å². The number of pyridine rings is 1. The van der Waals surface area contributed by atoms with E-state index in [1.54, 1.807) is 31.5 Å². The predicted molar refractivity (Wildman–Crippen MR) is 98.0 cm³/mol. The van der Waals surface area contributed by atoms with E-state index in [2.05, 4.69) is 20.4 Å². The minimum Gasteiger partial charge on any atom is -0.379 e. The summed E-state index contributed by atoms with van der Waals surface area (Å²) in [7, 11) is 0. The van der Waals surface area contributed by atoms with Gasteiger partial charge in [0.15, 0.2) is 0 Å². The Labute approximate surface area is 156 Å². The molecule has 1 saturated heterocycles. The third-order valence-electron chi connectivity index (χ3n) is 4.67. The molecule has 0 saturated carbocycles. The zero-order chi connectivity index (χ0) is 18.6. The molecule has 0 spiro atoms. The lowest BCUT2D eigenvalue weighted by molar-refractivity contribution is 0.0925. The maximum absolute atomic E-state index is 12.7. The molecule has 27 heavy (non-hydrogen) atoms. The van der Waals surface area contributed by atoms with Crippen LogP contribution in [0.2, 0.25) is 0 Å². The number of amides is 1. The molecule has 2 aromatic heterocycles. The van der Waals surface area contributed by atoms with Gasteiger partial charge >= 0.3 is 0 Å². The Morgan fingerprint density at radius 2 is 2.07 bits per heavy atom. The number of benzene rings is 1. The van der Waals surface area contributed by atoms with E-state index in [-0.39, 0.29) is 17.9 Å². The molecule has 0 aliphatic carbocycles. The average molecular weight is 364 g/mol. The number of carbonyl (C=O) groups excluding carboxylic acids is 1. The van der Waals surface area contributed by atoms with Crippen LogP contribution in [-0.2, 0) is 11.2 Å². The summed E-state index contributed by atoms with van der Waals surface area (Å²) >= 11 is 0. The van der Waals surface area contributed by atoms with Gasteiger partial charge in [0.05, 0.1) is 19.3 Å². The van der Waals surface area contributed by atoms with E-state index in [4.69, 9.17) is 9.26 Å². The molecular weight excluding hydrogens is 344 g/mol. The molecule has 2 atom stereocenters. The SMILES string of the molecule is Cc1nc(-c2cccc(C(=O)N[C@H]3COC[C@H]3Cc3ccncc3)c2)no1. The van der Waals surface area contributed by atoms with E-state index in [0.29, 0.717) is 30.5 Å². The van der Waals surface area contributed by atoms with Gasteiger partial charge in [-0.05, 0) is 36.2 Å². The van der Waals surface area contributed by atoms with Crippen molar-refractivity contribution in [2.75, 3.05) is 13.2 Å². The topological polar surface area (TPSA) is 90.1 Å². The number of nitrogens with zero attached hydrogens (tertiary/aromatic N) is 3. The van der Waals surface area contributed by atoms with Crippen molar-refractivity contribution >= 4 is 5.91 Å². The molecule has 0 bridgehead atoms. The van der Waals surface area contributed by atoms with Crippen LogP contribution in [-0.4, -0.2) is 40.3 Å². The minimum absolute atomic E-state index is 0.0262. The maximum Gasteiger partial charge on any atom is 0.251 e. The van der Waals surface area contributed by atoms with Crippen molar-refractivity contribution < 1.29 is 14.1 Å². The standard InChI is InChI=1S/C20H20N4O3/c1-13-22-19(24-27-13)15-3-2-4-16(10-15)20(25)23-18-12-26-11-17(18)9-14-5-7-21-8-6-14/h2-8,10,17-18H,9,11-12H2,1H3,(H,23,25)/t17-,18+/m1/s1. The molecule has 1 N–H and O–H groups in total. The molecular formula is C20H20N4O3. The third-order valence-corrected chi connectivity index (χ3v) is 4.67. The van der Waals surface area contributed by atoms with Gasteiger partial charge in [-0.15, -0.1) is 0 Å². The van der Waals surface area contributed by atoms with Crippen LogP contribution in [0.15, 0.2) is 53.3 Å². The third kappa shape index (κ3) is 4.03. The number of rotatable bonds is 5. The fraction of sp³-hybridized carbons (Fsp3) is 0.300. The summed E-state index contributed by atoms with van der Waals surface area (Å²) in [6.45, 7) is 2.89. The van der Waals surface area contributed by atoms with Crippen LogP contribution < -0.4 is 5.32 Å². The molecule has 3 aromatic rings. The lowest BCUT2D eigenvalue weighted by atomic mass is 9.95. The first-order valence-electron chi connectivity index (χ1n) is 8.87. The molecule has 0 unspecified atom stereocenters. The van der Waals surface area contributed by atoms with Gasteiger partial charge in [0.1, 0.15) is 0 Å². The Bertz CT molecular complexity index is 926. The highest BCUT2D eigenvalue weighted by molar-refractivity contribution is 5.95. The van der Waals surface area contributed by atoms with Crippen LogP contribution >= 0.6 is 0 Å².